The second-order valence-electron chi connectivity index (χ2n) is 3.03. The summed E-state index contributed by atoms with van der Waals surface area (Å²) in [7, 11) is 0. The van der Waals surface area contributed by atoms with Gasteiger partial charge < -0.3 is 0 Å². The Bertz CT molecular complexity index is 309. The molecule has 1 aromatic heterocycles. The van der Waals surface area contributed by atoms with Crippen LogP contribution in [0.4, 0.5) is 0 Å². The predicted octanol–water partition coefficient (Wildman–Crippen LogP) is 2.58. The monoisotopic (exact) mass is 178 g/mol. The Hall–Kier alpha value is -0.890. The van der Waals surface area contributed by atoms with Gasteiger partial charge in [-0.15, -0.1) is 11.3 Å². The lowest BCUT2D eigenvalue weighted by molar-refractivity contribution is -0.114. The van der Waals surface area contributed by atoms with Gasteiger partial charge in [0.2, 0.25) is 0 Å². The second kappa shape index (κ2) is 3.23. The Morgan fingerprint density at radius 3 is 2.92 bits per heavy atom. The number of thiophene rings is 1. The van der Waals surface area contributed by atoms with Crippen molar-refractivity contribution in [3.8, 4) is 0 Å². The highest BCUT2D eigenvalue weighted by atomic mass is 32.1. The molecule has 0 aliphatic heterocycles. The van der Waals surface area contributed by atoms with Crippen LogP contribution < -0.4 is 0 Å². The third-order valence-corrected chi connectivity index (χ3v) is 2.92. The molecule has 1 nitrogen and oxygen atoms in total. The Kier molecular flexibility index (Phi) is 2.09. The van der Waals surface area contributed by atoms with Crippen molar-refractivity contribution in [2.75, 3.05) is 0 Å². The third-order valence-electron chi connectivity index (χ3n) is 2.04. The van der Waals surface area contributed by atoms with Crippen LogP contribution in [0.1, 0.15) is 17.7 Å². The standard InChI is InChI=1S/C10H10OS/c11-9-4-3-8(6-9)7-10-2-1-5-12-10/h1-2,5-6H,3-4,7H2. The maximum atomic E-state index is 10.9. The van der Waals surface area contributed by atoms with E-state index in [1.165, 1.54) is 10.5 Å². The number of carbonyl (C=O) groups excluding carboxylic acids is 1. The van der Waals surface area contributed by atoms with Gasteiger partial charge in [0, 0.05) is 17.7 Å². The summed E-state index contributed by atoms with van der Waals surface area (Å²) in [6.07, 6.45) is 4.47. The fourth-order valence-electron chi connectivity index (χ4n) is 1.43. The summed E-state index contributed by atoms with van der Waals surface area (Å²) in [4.78, 5) is 12.3. The van der Waals surface area contributed by atoms with Crippen LogP contribution in [0.25, 0.3) is 0 Å². The van der Waals surface area contributed by atoms with Crippen LogP contribution in [0, 0.1) is 0 Å². The summed E-state index contributed by atoms with van der Waals surface area (Å²) >= 11 is 1.76. The fourth-order valence-corrected chi connectivity index (χ4v) is 2.19. The molecule has 0 saturated heterocycles. The minimum Gasteiger partial charge on any atom is -0.295 e. The van der Waals surface area contributed by atoms with Crippen LogP contribution >= 0.6 is 11.3 Å². The molecule has 0 saturated carbocycles. The molecule has 0 atom stereocenters. The zero-order valence-corrected chi connectivity index (χ0v) is 7.56. The number of hydrogen-bond acceptors (Lipinski definition) is 2. The van der Waals surface area contributed by atoms with Gasteiger partial charge in [0.25, 0.3) is 0 Å². The van der Waals surface area contributed by atoms with E-state index in [0.717, 1.165) is 19.3 Å². The van der Waals surface area contributed by atoms with Crippen LogP contribution in [0.2, 0.25) is 0 Å². The van der Waals surface area contributed by atoms with Crippen LogP contribution in [0.3, 0.4) is 0 Å². The molecule has 2 heteroatoms. The van der Waals surface area contributed by atoms with Crippen molar-refractivity contribution in [2.45, 2.75) is 19.3 Å². The fraction of sp³-hybridized carbons (Fsp3) is 0.300. The highest BCUT2D eigenvalue weighted by Gasteiger charge is 2.11. The molecule has 1 aromatic rings. The number of rotatable bonds is 2. The SMILES string of the molecule is O=C1C=C(Cc2cccs2)CC1. The molecule has 0 radical (unpaired) electrons. The molecule has 62 valence electrons. The summed E-state index contributed by atoms with van der Waals surface area (Å²) < 4.78 is 0. The molecular weight excluding hydrogens is 168 g/mol. The summed E-state index contributed by atoms with van der Waals surface area (Å²) in [5, 5.41) is 2.08. The van der Waals surface area contributed by atoms with Gasteiger partial charge in [-0.2, -0.15) is 0 Å². The van der Waals surface area contributed by atoms with E-state index >= 15 is 0 Å². The Morgan fingerprint density at radius 2 is 2.33 bits per heavy atom. The summed E-state index contributed by atoms with van der Waals surface area (Å²) in [6.45, 7) is 0. The molecule has 2 rings (SSSR count). The lowest BCUT2D eigenvalue weighted by Crippen LogP contribution is -1.82. The molecule has 0 spiro atoms. The van der Waals surface area contributed by atoms with E-state index in [1.54, 1.807) is 17.4 Å². The van der Waals surface area contributed by atoms with Crippen molar-refractivity contribution >= 4 is 17.1 Å². The van der Waals surface area contributed by atoms with Gasteiger partial charge in [0.15, 0.2) is 5.78 Å². The topological polar surface area (TPSA) is 17.1 Å². The van der Waals surface area contributed by atoms with Crippen molar-refractivity contribution < 1.29 is 4.79 Å². The molecule has 12 heavy (non-hydrogen) atoms. The van der Waals surface area contributed by atoms with Gasteiger partial charge in [0.1, 0.15) is 0 Å². The van der Waals surface area contributed by atoms with Crippen LogP contribution in [0.15, 0.2) is 29.2 Å². The molecule has 0 unspecified atom stereocenters. The van der Waals surface area contributed by atoms with Gasteiger partial charge >= 0.3 is 0 Å². The maximum absolute atomic E-state index is 10.9. The Labute approximate surface area is 75.7 Å². The van der Waals surface area contributed by atoms with Gasteiger partial charge in [-0.05, 0) is 23.9 Å². The average molecular weight is 178 g/mol. The molecule has 0 fully saturated rings. The Balaban J connectivity index is 2.05. The minimum atomic E-state index is 0.293. The van der Waals surface area contributed by atoms with Crippen molar-refractivity contribution in [3.63, 3.8) is 0 Å². The van der Waals surface area contributed by atoms with Gasteiger partial charge in [-0.3, -0.25) is 4.79 Å². The number of hydrogen-bond donors (Lipinski definition) is 0. The molecule has 1 heterocycles. The Morgan fingerprint density at radius 1 is 1.42 bits per heavy atom. The molecular formula is C10H10OS. The van der Waals surface area contributed by atoms with Gasteiger partial charge in [-0.1, -0.05) is 11.6 Å². The number of allylic oxidation sites excluding steroid dienone is 2. The maximum Gasteiger partial charge on any atom is 0.155 e. The normalized spacial score (nSPS) is 16.7. The summed E-state index contributed by atoms with van der Waals surface area (Å²) in [6, 6.07) is 4.17. The third kappa shape index (κ3) is 1.64. The summed E-state index contributed by atoms with van der Waals surface area (Å²) in [5.41, 5.74) is 1.29. The minimum absolute atomic E-state index is 0.293. The van der Waals surface area contributed by atoms with E-state index in [0.29, 0.717) is 5.78 Å². The zero-order chi connectivity index (χ0) is 8.39. The first-order chi connectivity index (χ1) is 5.84. The van der Waals surface area contributed by atoms with Crippen LogP contribution in [0.5, 0.6) is 0 Å². The van der Waals surface area contributed by atoms with Crippen molar-refractivity contribution in [1.29, 1.82) is 0 Å². The molecule has 1 aliphatic carbocycles. The zero-order valence-electron chi connectivity index (χ0n) is 6.75. The molecule has 0 N–H and O–H groups in total. The average Bonchev–Trinajstić information content (AvgIpc) is 2.63. The quantitative estimate of drug-likeness (QED) is 0.680. The molecule has 0 amide bonds. The number of carbonyl (C=O) groups is 1. The first kappa shape index (κ1) is 7.74. The lowest BCUT2D eigenvalue weighted by Gasteiger charge is -1.95. The van der Waals surface area contributed by atoms with Crippen LogP contribution in [-0.2, 0) is 11.2 Å². The first-order valence-corrected chi connectivity index (χ1v) is 4.97. The second-order valence-corrected chi connectivity index (χ2v) is 4.06. The highest BCUT2D eigenvalue weighted by Crippen LogP contribution is 2.21. The predicted molar refractivity (Wildman–Crippen MR) is 50.3 cm³/mol. The largest absolute Gasteiger partial charge is 0.295 e. The van der Waals surface area contributed by atoms with Gasteiger partial charge in [0.05, 0.1) is 0 Å². The van der Waals surface area contributed by atoms with Crippen molar-refractivity contribution in [3.05, 3.63) is 34.0 Å². The highest BCUT2D eigenvalue weighted by molar-refractivity contribution is 7.09. The molecule has 0 bridgehead atoms. The van der Waals surface area contributed by atoms with Crippen LogP contribution in [-0.4, -0.2) is 5.78 Å². The van der Waals surface area contributed by atoms with E-state index in [2.05, 4.69) is 17.5 Å². The lowest BCUT2D eigenvalue weighted by atomic mass is 10.1. The molecule has 1 aliphatic rings. The van der Waals surface area contributed by atoms with E-state index in [9.17, 15) is 4.79 Å². The smallest absolute Gasteiger partial charge is 0.155 e. The van der Waals surface area contributed by atoms with E-state index < -0.39 is 0 Å². The summed E-state index contributed by atoms with van der Waals surface area (Å²) in [5.74, 6) is 0.293. The molecule has 0 aromatic carbocycles. The number of ketones is 1. The van der Waals surface area contributed by atoms with Crippen molar-refractivity contribution in [2.24, 2.45) is 0 Å². The first-order valence-electron chi connectivity index (χ1n) is 4.09. The van der Waals surface area contributed by atoms with E-state index in [-0.39, 0.29) is 0 Å². The van der Waals surface area contributed by atoms with Crippen molar-refractivity contribution in [1.82, 2.24) is 0 Å². The van der Waals surface area contributed by atoms with E-state index in [4.69, 9.17) is 0 Å². The van der Waals surface area contributed by atoms with Gasteiger partial charge in [-0.25, -0.2) is 0 Å². The van der Waals surface area contributed by atoms with E-state index in [1.807, 2.05) is 0 Å².